The van der Waals surface area contributed by atoms with Crippen molar-refractivity contribution < 1.29 is 9.22 Å². The van der Waals surface area contributed by atoms with Crippen molar-refractivity contribution in [1.82, 2.24) is 0 Å². The maximum absolute atomic E-state index is 10.3. The molecule has 0 bridgehead atoms. The predicted octanol–water partition coefficient (Wildman–Crippen LogP) is 4.90. The molecule has 1 rings (SSSR count). The molecule has 0 unspecified atom stereocenters. The van der Waals surface area contributed by atoms with Gasteiger partial charge in [-0.15, -0.1) is 0 Å². The maximum atomic E-state index is 10.3. The second kappa shape index (κ2) is 7.90. The summed E-state index contributed by atoms with van der Waals surface area (Å²) < 4.78 is 6.39. The summed E-state index contributed by atoms with van der Waals surface area (Å²) in [7, 11) is -1.67. The second-order valence-corrected chi connectivity index (χ2v) is 12.2. The van der Waals surface area contributed by atoms with Crippen LogP contribution >= 0.6 is 0 Å². The number of aldehydes is 1. The fourth-order valence-corrected chi connectivity index (χ4v) is 3.23. The molecule has 0 radical (unpaired) electrons. The molecule has 0 saturated carbocycles. The number of carbonyl (C=O) groups is 1. The molecular formula is C18H30O2Si. The van der Waals surface area contributed by atoms with E-state index in [1.54, 1.807) is 6.08 Å². The topological polar surface area (TPSA) is 26.3 Å². The van der Waals surface area contributed by atoms with E-state index in [-0.39, 0.29) is 5.04 Å². The van der Waals surface area contributed by atoms with Gasteiger partial charge >= 0.3 is 0 Å². The van der Waals surface area contributed by atoms with E-state index >= 15 is 0 Å². The average Bonchev–Trinajstić information content (AvgIpc) is 2.41. The van der Waals surface area contributed by atoms with Gasteiger partial charge in [-0.2, -0.15) is 0 Å². The lowest BCUT2D eigenvalue weighted by Gasteiger charge is -2.38. The molecule has 0 heterocycles. The summed E-state index contributed by atoms with van der Waals surface area (Å²) in [4.78, 5) is 10.3. The standard InChI is InChI=1S/C18H30O2Si/c1-18(2,3)21(4,5)20-15-17-13-9-8-12-16(17)11-7-6-10-14-19/h6-11,14,16-17H,12-13,15H2,1-5H3/b10-6+,11-7+/t16-,17+/m0/s1. The molecule has 0 fully saturated rings. The van der Waals surface area contributed by atoms with Crippen molar-refractivity contribution in [1.29, 1.82) is 0 Å². The molecule has 0 spiro atoms. The van der Waals surface area contributed by atoms with Gasteiger partial charge in [-0.05, 0) is 48.9 Å². The SMILES string of the molecule is CC(C)(C)[Si](C)(C)OC[C@H]1CC=CC[C@@H]1/C=C/C=C/C=O. The maximum Gasteiger partial charge on any atom is 0.191 e. The van der Waals surface area contributed by atoms with Crippen LogP contribution in [0.15, 0.2) is 36.5 Å². The Hall–Kier alpha value is -0.933. The van der Waals surface area contributed by atoms with E-state index < -0.39 is 8.32 Å². The van der Waals surface area contributed by atoms with Gasteiger partial charge in [-0.3, -0.25) is 4.79 Å². The van der Waals surface area contributed by atoms with Gasteiger partial charge in [0.2, 0.25) is 0 Å². The zero-order valence-electron chi connectivity index (χ0n) is 14.1. The fraction of sp³-hybridized carbons (Fsp3) is 0.611. The Balaban J connectivity index is 2.62. The van der Waals surface area contributed by atoms with Crippen LogP contribution in [-0.4, -0.2) is 21.2 Å². The van der Waals surface area contributed by atoms with Crippen LogP contribution in [0.1, 0.15) is 33.6 Å². The number of hydrogen-bond donors (Lipinski definition) is 0. The number of carbonyl (C=O) groups excluding carboxylic acids is 1. The highest BCUT2D eigenvalue weighted by Gasteiger charge is 2.38. The minimum atomic E-state index is -1.67. The third kappa shape index (κ3) is 5.75. The van der Waals surface area contributed by atoms with E-state index in [1.807, 2.05) is 6.08 Å². The third-order valence-corrected chi connectivity index (χ3v) is 9.24. The van der Waals surface area contributed by atoms with Gasteiger partial charge in [0.1, 0.15) is 6.29 Å². The second-order valence-electron chi connectivity index (χ2n) is 7.34. The predicted molar refractivity (Wildman–Crippen MR) is 92.8 cm³/mol. The summed E-state index contributed by atoms with van der Waals surface area (Å²) in [6, 6.07) is 0. The van der Waals surface area contributed by atoms with E-state index in [1.165, 1.54) is 6.08 Å². The molecule has 1 aliphatic carbocycles. The van der Waals surface area contributed by atoms with Crippen LogP contribution in [0.4, 0.5) is 0 Å². The first kappa shape index (κ1) is 18.1. The Morgan fingerprint density at radius 1 is 1.14 bits per heavy atom. The van der Waals surface area contributed by atoms with E-state index in [0.29, 0.717) is 11.8 Å². The molecule has 1 aliphatic rings. The van der Waals surface area contributed by atoms with Gasteiger partial charge in [0.05, 0.1) is 0 Å². The largest absolute Gasteiger partial charge is 0.417 e. The van der Waals surface area contributed by atoms with Crippen LogP contribution < -0.4 is 0 Å². The lowest BCUT2D eigenvalue weighted by Crippen LogP contribution is -2.42. The van der Waals surface area contributed by atoms with Crippen molar-refractivity contribution in [2.45, 2.75) is 51.7 Å². The van der Waals surface area contributed by atoms with Gasteiger partial charge in [-0.1, -0.05) is 51.2 Å². The fourth-order valence-electron chi connectivity index (χ4n) is 2.17. The summed E-state index contributed by atoms with van der Waals surface area (Å²) in [5.74, 6) is 1.06. The van der Waals surface area contributed by atoms with Gasteiger partial charge in [0.15, 0.2) is 8.32 Å². The summed E-state index contributed by atoms with van der Waals surface area (Å²) in [6.07, 6.45) is 15.0. The molecule has 2 nitrogen and oxygen atoms in total. The van der Waals surface area contributed by atoms with Crippen molar-refractivity contribution in [3.05, 3.63) is 36.5 Å². The van der Waals surface area contributed by atoms with Crippen molar-refractivity contribution in [3.63, 3.8) is 0 Å². The highest BCUT2D eigenvalue weighted by molar-refractivity contribution is 6.74. The molecule has 0 N–H and O–H groups in total. The van der Waals surface area contributed by atoms with Crippen molar-refractivity contribution in [2.24, 2.45) is 11.8 Å². The Morgan fingerprint density at radius 3 is 2.43 bits per heavy atom. The average molecular weight is 307 g/mol. The van der Waals surface area contributed by atoms with Crippen LogP contribution in [0.5, 0.6) is 0 Å². The Labute approximate surface area is 131 Å². The smallest absolute Gasteiger partial charge is 0.191 e. The highest BCUT2D eigenvalue weighted by atomic mass is 28.4. The van der Waals surface area contributed by atoms with E-state index in [9.17, 15) is 4.79 Å². The van der Waals surface area contributed by atoms with Gasteiger partial charge in [0, 0.05) is 6.61 Å². The molecule has 0 aliphatic heterocycles. The molecule has 0 amide bonds. The first-order valence-electron chi connectivity index (χ1n) is 7.85. The number of hydrogen-bond acceptors (Lipinski definition) is 2. The first-order chi connectivity index (χ1) is 9.78. The molecule has 0 aromatic rings. The minimum Gasteiger partial charge on any atom is -0.417 e. The molecular weight excluding hydrogens is 276 g/mol. The molecule has 0 aromatic carbocycles. The van der Waals surface area contributed by atoms with Crippen LogP contribution in [0, 0.1) is 11.8 Å². The Morgan fingerprint density at radius 2 is 1.81 bits per heavy atom. The zero-order chi connectivity index (χ0) is 15.9. The van der Waals surface area contributed by atoms with E-state index in [0.717, 1.165) is 25.7 Å². The van der Waals surface area contributed by atoms with Crippen LogP contribution in [0.3, 0.4) is 0 Å². The van der Waals surface area contributed by atoms with Crippen LogP contribution in [0.25, 0.3) is 0 Å². The van der Waals surface area contributed by atoms with Gasteiger partial charge in [0.25, 0.3) is 0 Å². The molecule has 21 heavy (non-hydrogen) atoms. The van der Waals surface area contributed by atoms with E-state index in [2.05, 4.69) is 52.1 Å². The monoisotopic (exact) mass is 306 g/mol. The minimum absolute atomic E-state index is 0.259. The van der Waals surface area contributed by atoms with Crippen LogP contribution in [0.2, 0.25) is 18.1 Å². The molecule has 118 valence electrons. The molecule has 0 saturated heterocycles. The number of rotatable bonds is 6. The lowest BCUT2D eigenvalue weighted by molar-refractivity contribution is -0.104. The quantitative estimate of drug-likeness (QED) is 0.229. The zero-order valence-corrected chi connectivity index (χ0v) is 15.1. The summed E-state index contributed by atoms with van der Waals surface area (Å²) in [6.45, 7) is 12.3. The summed E-state index contributed by atoms with van der Waals surface area (Å²) in [5, 5.41) is 0.259. The highest BCUT2D eigenvalue weighted by Crippen LogP contribution is 2.38. The molecule has 0 aromatic heterocycles. The normalized spacial score (nSPS) is 24.0. The van der Waals surface area contributed by atoms with Crippen molar-refractivity contribution in [2.75, 3.05) is 6.61 Å². The van der Waals surface area contributed by atoms with Crippen molar-refractivity contribution >= 4 is 14.6 Å². The first-order valence-corrected chi connectivity index (χ1v) is 10.8. The molecule has 2 atom stereocenters. The summed E-state index contributed by atoms with van der Waals surface area (Å²) >= 11 is 0. The van der Waals surface area contributed by atoms with Crippen molar-refractivity contribution in [3.8, 4) is 0 Å². The summed E-state index contributed by atoms with van der Waals surface area (Å²) in [5.41, 5.74) is 0. The van der Waals surface area contributed by atoms with Gasteiger partial charge < -0.3 is 4.43 Å². The molecule has 3 heteroatoms. The Bertz CT molecular complexity index is 413. The third-order valence-electron chi connectivity index (χ3n) is 4.74. The van der Waals surface area contributed by atoms with Crippen LogP contribution in [-0.2, 0) is 9.22 Å². The lowest BCUT2D eigenvalue weighted by atomic mass is 9.83. The van der Waals surface area contributed by atoms with E-state index in [4.69, 9.17) is 4.43 Å². The van der Waals surface area contributed by atoms with Gasteiger partial charge in [-0.25, -0.2) is 0 Å². The number of allylic oxidation sites excluding steroid dienone is 6. The Kier molecular flexibility index (Phi) is 6.82.